The van der Waals surface area contributed by atoms with Crippen molar-refractivity contribution in [2.24, 2.45) is 0 Å². The minimum atomic E-state index is -0.173. The Hall–Kier alpha value is -5.44. The van der Waals surface area contributed by atoms with Gasteiger partial charge in [-0.05, 0) is 93.0 Å². The molecule has 0 unspecified atom stereocenters. The van der Waals surface area contributed by atoms with E-state index in [2.05, 4.69) is 183 Å². The van der Waals surface area contributed by atoms with E-state index in [0.29, 0.717) is 0 Å². The van der Waals surface area contributed by atoms with E-state index >= 15 is 0 Å². The lowest BCUT2D eigenvalue weighted by Gasteiger charge is -2.28. The van der Waals surface area contributed by atoms with Crippen LogP contribution in [0.4, 0.5) is 17.1 Å². The van der Waals surface area contributed by atoms with E-state index in [1.807, 2.05) is 11.3 Å². The van der Waals surface area contributed by atoms with Crippen LogP contribution in [0.25, 0.3) is 53.6 Å². The van der Waals surface area contributed by atoms with Crippen LogP contribution in [0, 0.1) is 0 Å². The van der Waals surface area contributed by atoms with Crippen molar-refractivity contribution in [2.75, 3.05) is 4.90 Å². The average Bonchev–Trinajstić information content (AvgIpc) is 3.61. The number of fused-ring (bicyclic) bond motifs is 6. The maximum atomic E-state index is 2.48. The minimum Gasteiger partial charge on any atom is -0.310 e. The molecule has 8 aromatic rings. The van der Waals surface area contributed by atoms with Crippen LogP contribution in [0.15, 0.2) is 164 Å². The molecule has 1 aromatic heterocycles. The van der Waals surface area contributed by atoms with Gasteiger partial charge in [-0.1, -0.05) is 129 Å². The molecule has 0 aliphatic heterocycles. The van der Waals surface area contributed by atoms with Gasteiger partial charge in [-0.3, -0.25) is 0 Å². The molecule has 9 rings (SSSR count). The summed E-state index contributed by atoms with van der Waals surface area (Å²) in [5.41, 5.74) is 13.8. The molecule has 0 radical (unpaired) electrons. The van der Waals surface area contributed by atoms with Gasteiger partial charge < -0.3 is 4.90 Å². The van der Waals surface area contributed by atoms with E-state index < -0.39 is 0 Å². The van der Waals surface area contributed by atoms with Crippen LogP contribution in [0.5, 0.6) is 0 Å². The molecule has 0 spiro atoms. The van der Waals surface area contributed by atoms with Crippen molar-refractivity contribution in [3.63, 3.8) is 0 Å². The van der Waals surface area contributed by atoms with Gasteiger partial charge in [-0.15, -0.1) is 11.3 Å². The summed E-state index contributed by atoms with van der Waals surface area (Å²) < 4.78 is 2.70. The van der Waals surface area contributed by atoms with Crippen LogP contribution in [-0.2, 0) is 5.41 Å². The van der Waals surface area contributed by atoms with Gasteiger partial charge in [0, 0.05) is 42.6 Å². The average molecular weight is 620 g/mol. The number of benzene rings is 7. The summed E-state index contributed by atoms with van der Waals surface area (Å²) in [5.74, 6) is 0. The van der Waals surface area contributed by atoms with E-state index in [0.717, 1.165) is 17.1 Å². The van der Waals surface area contributed by atoms with Crippen molar-refractivity contribution >= 4 is 48.6 Å². The second kappa shape index (κ2) is 10.8. The van der Waals surface area contributed by atoms with Crippen LogP contribution >= 0.6 is 11.3 Å². The lowest BCUT2D eigenvalue weighted by molar-refractivity contribution is 0.661. The number of para-hydroxylation sites is 1. The Morgan fingerprint density at radius 3 is 1.74 bits per heavy atom. The highest BCUT2D eigenvalue weighted by Crippen LogP contribution is 2.57. The largest absolute Gasteiger partial charge is 0.310 e. The van der Waals surface area contributed by atoms with E-state index in [9.17, 15) is 0 Å². The standard InChI is InChI=1S/C45H33NS/c1-45(2)38-28-35(46(33-18-10-5-11-19-33)34-24-22-31(23-25-34)30-14-6-3-7-15-30)26-27-36(38)43-39(45)29-41-44(37-20-12-13-21-40(37)47-41)42(43)32-16-8-4-9-17-32/h3-29H,1-2H3. The summed E-state index contributed by atoms with van der Waals surface area (Å²) in [6.07, 6.45) is 0. The number of thiophene rings is 1. The molecule has 0 bridgehead atoms. The highest BCUT2D eigenvalue weighted by Gasteiger charge is 2.39. The normalized spacial score (nSPS) is 13.1. The zero-order valence-electron chi connectivity index (χ0n) is 26.4. The lowest BCUT2D eigenvalue weighted by atomic mass is 9.81. The first-order valence-corrected chi connectivity index (χ1v) is 17.1. The first-order chi connectivity index (χ1) is 23.1. The lowest BCUT2D eigenvalue weighted by Crippen LogP contribution is -2.16. The smallest absolute Gasteiger partial charge is 0.0465 e. The first kappa shape index (κ1) is 27.8. The summed E-state index contributed by atoms with van der Waals surface area (Å²) in [7, 11) is 0. The third kappa shape index (κ3) is 4.44. The first-order valence-electron chi connectivity index (χ1n) is 16.3. The maximum absolute atomic E-state index is 2.48. The molecule has 0 saturated heterocycles. The Balaban J connectivity index is 1.25. The molecule has 0 atom stereocenters. The predicted octanol–water partition coefficient (Wildman–Crippen LogP) is 13.2. The van der Waals surface area contributed by atoms with Gasteiger partial charge in [0.05, 0.1) is 0 Å². The molecule has 1 nitrogen and oxygen atoms in total. The van der Waals surface area contributed by atoms with Crippen molar-refractivity contribution in [3.05, 3.63) is 175 Å². The topological polar surface area (TPSA) is 3.24 Å². The Bertz CT molecular complexity index is 2400. The van der Waals surface area contributed by atoms with Crippen molar-refractivity contribution in [1.82, 2.24) is 0 Å². The predicted molar refractivity (Wildman–Crippen MR) is 202 cm³/mol. The fraction of sp³-hybridized carbons (Fsp3) is 0.0667. The molecule has 47 heavy (non-hydrogen) atoms. The second-order valence-corrected chi connectivity index (χ2v) is 14.0. The molecular weight excluding hydrogens is 587 g/mol. The molecule has 0 N–H and O–H groups in total. The minimum absolute atomic E-state index is 0.173. The third-order valence-corrected chi connectivity index (χ3v) is 11.0. The van der Waals surface area contributed by atoms with E-state index in [4.69, 9.17) is 0 Å². The van der Waals surface area contributed by atoms with E-state index in [1.165, 1.54) is 64.7 Å². The molecule has 0 amide bonds. The third-order valence-electron chi connectivity index (χ3n) is 9.85. The Labute approximate surface area is 280 Å². The number of nitrogens with zero attached hydrogens (tertiary/aromatic N) is 1. The van der Waals surface area contributed by atoms with Crippen LogP contribution in [0.2, 0.25) is 0 Å². The zero-order valence-corrected chi connectivity index (χ0v) is 27.3. The SMILES string of the molecule is CC1(C)c2cc(N(c3ccccc3)c3ccc(-c4ccccc4)cc3)ccc2-c2c1cc1sc3ccccc3c1c2-c1ccccc1. The summed E-state index contributed by atoms with van der Waals surface area (Å²) >= 11 is 1.91. The molecular formula is C45H33NS. The highest BCUT2D eigenvalue weighted by atomic mass is 32.1. The summed E-state index contributed by atoms with van der Waals surface area (Å²) in [5, 5.41) is 2.71. The van der Waals surface area contributed by atoms with Crippen LogP contribution in [0.3, 0.4) is 0 Å². The van der Waals surface area contributed by atoms with E-state index in [-0.39, 0.29) is 5.41 Å². The number of rotatable bonds is 5. The Morgan fingerprint density at radius 2 is 1.02 bits per heavy atom. The Morgan fingerprint density at radius 1 is 0.447 bits per heavy atom. The Kier molecular flexibility index (Phi) is 6.41. The highest BCUT2D eigenvalue weighted by molar-refractivity contribution is 7.26. The second-order valence-electron chi connectivity index (χ2n) is 13.0. The molecule has 1 aliphatic rings. The van der Waals surface area contributed by atoms with Crippen molar-refractivity contribution < 1.29 is 0 Å². The fourth-order valence-corrected chi connectivity index (χ4v) is 8.72. The molecule has 1 aliphatic carbocycles. The van der Waals surface area contributed by atoms with E-state index in [1.54, 1.807) is 0 Å². The van der Waals surface area contributed by atoms with Gasteiger partial charge in [-0.2, -0.15) is 0 Å². The van der Waals surface area contributed by atoms with Crippen LogP contribution < -0.4 is 4.90 Å². The van der Waals surface area contributed by atoms with Gasteiger partial charge >= 0.3 is 0 Å². The number of hydrogen-bond acceptors (Lipinski definition) is 2. The van der Waals surface area contributed by atoms with Gasteiger partial charge in [0.2, 0.25) is 0 Å². The zero-order chi connectivity index (χ0) is 31.5. The van der Waals surface area contributed by atoms with Crippen LogP contribution in [-0.4, -0.2) is 0 Å². The summed E-state index contributed by atoms with van der Waals surface area (Å²) in [6.45, 7) is 4.80. The van der Waals surface area contributed by atoms with Gasteiger partial charge in [0.15, 0.2) is 0 Å². The summed E-state index contributed by atoms with van der Waals surface area (Å²) in [4.78, 5) is 2.39. The molecule has 0 fully saturated rings. The molecule has 1 heterocycles. The maximum Gasteiger partial charge on any atom is 0.0465 e. The van der Waals surface area contributed by atoms with Crippen molar-refractivity contribution in [2.45, 2.75) is 19.3 Å². The van der Waals surface area contributed by atoms with Crippen molar-refractivity contribution in [3.8, 4) is 33.4 Å². The van der Waals surface area contributed by atoms with Gasteiger partial charge in [-0.25, -0.2) is 0 Å². The number of anilines is 3. The number of hydrogen-bond donors (Lipinski definition) is 0. The van der Waals surface area contributed by atoms with Gasteiger partial charge in [0.1, 0.15) is 0 Å². The fourth-order valence-electron chi connectivity index (χ4n) is 7.56. The van der Waals surface area contributed by atoms with Crippen molar-refractivity contribution in [1.29, 1.82) is 0 Å². The van der Waals surface area contributed by atoms with Gasteiger partial charge in [0.25, 0.3) is 0 Å². The molecule has 0 saturated carbocycles. The molecule has 7 aromatic carbocycles. The summed E-state index contributed by atoms with van der Waals surface area (Å²) in [6, 6.07) is 59.8. The quantitative estimate of drug-likeness (QED) is 0.185. The van der Waals surface area contributed by atoms with Crippen LogP contribution in [0.1, 0.15) is 25.0 Å². The molecule has 224 valence electrons. The monoisotopic (exact) mass is 619 g/mol. The molecule has 2 heteroatoms.